The van der Waals surface area contributed by atoms with Crippen molar-refractivity contribution in [2.45, 2.75) is 57.6 Å². The van der Waals surface area contributed by atoms with E-state index < -0.39 is 0 Å². The molecule has 0 bridgehead atoms. The zero-order valence-corrected chi connectivity index (χ0v) is 11.0. The van der Waals surface area contributed by atoms with Crippen molar-refractivity contribution < 1.29 is 4.74 Å². The molecule has 0 aromatic heterocycles. The summed E-state index contributed by atoms with van der Waals surface area (Å²) in [4.78, 5) is 0. The lowest BCUT2D eigenvalue weighted by atomic mass is 9.70. The van der Waals surface area contributed by atoms with Crippen molar-refractivity contribution in [1.82, 2.24) is 5.32 Å². The topological polar surface area (TPSA) is 45.0 Å². The van der Waals surface area contributed by atoms with Crippen molar-refractivity contribution in [3.05, 3.63) is 0 Å². The molecular formula is C14H24N2O. The Morgan fingerprint density at radius 1 is 1.35 bits per heavy atom. The van der Waals surface area contributed by atoms with Gasteiger partial charge in [0.1, 0.15) is 5.54 Å². The zero-order valence-electron chi connectivity index (χ0n) is 11.0. The first-order chi connectivity index (χ1) is 8.16. The van der Waals surface area contributed by atoms with Gasteiger partial charge in [-0.05, 0) is 37.5 Å². The van der Waals surface area contributed by atoms with Crippen molar-refractivity contribution in [2.75, 3.05) is 13.2 Å². The fourth-order valence-corrected chi connectivity index (χ4v) is 3.18. The highest BCUT2D eigenvalue weighted by atomic mass is 16.5. The Balaban J connectivity index is 1.95. The van der Waals surface area contributed by atoms with Gasteiger partial charge in [-0.15, -0.1) is 0 Å². The molecular weight excluding hydrogens is 212 g/mol. The first kappa shape index (κ1) is 12.9. The first-order valence-electron chi connectivity index (χ1n) is 6.94. The van der Waals surface area contributed by atoms with Crippen LogP contribution in [0.3, 0.4) is 0 Å². The van der Waals surface area contributed by atoms with Crippen LogP contribution in [0.15, 0.2) is 0 Å². The molecule has 0 amide bonds. The van der Waals surface area contributed by atoms with Gasteiger partial charge in [-0.2, -0.15) is 5.26 Å². The second-order valence-corrected chi connectivity index (χ2v) is 5.89. The van der Waals surface area contributed by atoms with E-state index in [9.17, 15) is 5.26 Å². The third-order valence-electron chi connectivity index (χ3n) is 4.47. The van der Waals surface area contributed by atoms with E-state index in [0.29, 0.717) is 17.9 Å². The van der Waals surface area contributed by atoms with E-state index in [4.69, 9.17) is 4.74 Å². The molecule has 1 saturated heterocycles. The van der Waals surface area contributed by atoms with Gasteiger partial charge in [0.05, 0.1) is 12.2 Å². The first-order valence-corrected chi connectivity index (χ1v) is 6.94. The number of nitriles is 1. The van der Waals surface area contributed by atoms with Crippen LogP contribution < -0.4 is 5.32 Å². The lowest BCUT2D eigenvalue weighted by molar-refractivity contribution is 0.0889. The molecule has 1 aliphatic carbocycles. The fraction of sp³-hybridized carbons (Fsp3) is 0.929. The number of hydrogen-bond donors (Lipinski definition) is 1. The van der Waals surface area contributed by atoms with Gasteiger partial charge in [0.25, 0.3) is 0 Å². The summed E-state index contributed by atoms with van der Waals surface area (Å²) in [6, 6.07) is 2.55. The average Bonchev–Trinajstić information content (AvgIpc) is 2.84. The number of nitrogens with one attached hydrogen (secondary N) is 1. The quantitative estimate of drug-likeness (QED) is 0.818. The largest absolute Gasteiger partial charge is 0.377 e. The second kappa shape index (κ2) is 5.37. The van der Waals surface area contributed by atoms with E-state index in [1.807, 2.05) is 0 Å². The van der Waals surface area contributed by atoms with E-state index in [1.165, 1.54) is 6.42 Å². The third kappa shape index (κ3) is 2.81. The van der Waals surface area contributed by atoms with Gasteiger partial charge >= 0.3 is 0 Å². The predicted octanol–water partition coefficient (Wildman–Crippen LogP) is 2.47. The zero-order chi connectivity index (χ0) is 12.3. The van der Waals surface area contributed by atoms with Crippen LogP contribution in [0.25, 0.3) is 0 Å². The van der Waals surface area contributed by atoms with Gasteiger partial charge in [0, 0.05) is 13.2 Å². The third-order valence-corrected chi connectivity index (χ3v) is 4.47. The van der Waals surface area contributed by atoms with Gasteiger partial charge in [-0.25, -0.2) is 0 Å². The van der Waals surface area contributed by atoms with E-state index in [-0.39, 0.29) is 5.54 Å². The monoisotopic (exact) mass is 236 g/mol. The van der Waals surface area contributed by atoms with Crippen LogP contribution in [0.2, 0.25) is 0 Å². The normalized spacial score (nSPS) is 42.3. The van der Waals surface area contributed by atoms with Gasteiger partial charge in [0.15, 0.2) is 0 Å². The number of hydrogen-bond acceptors (Lipinski definition) is 3. The van der Waals surface area contributed by atoms with E-state index >= 15 is 0 Å². The molecule has 96 valence electrons. The molecule has 2 aliphatic rings. The minimum absolute atomic E-state index is 0.316. The summed E-state index contributed by atoms with van der Waals surface area (Å²) in [6.45, 7) is 6.19. The fourth-order valence-electron chi connectivity index (χ4n) is 3.18. The Labute approximate surface area is 105 Å². The number of ether oxygens (including phenoxy) is 1. The van der Waals surface area contributed by atoms with E-state index in [0.717, 1.165) is 38.8 Å². The van der Waals surface area contributed by atoms with E-state index in [1.54, 1.807) is 0 Å². The maximum Gasteiger partial charge on any atom is 0.109 e. The van der Waals surface area contributed by atoms with Crippen LogP contribution in [-0.4, -0.2) is 24.8 Å². The highest BCUT2D eigenvalue weighted by Crippen LogP contribution is 2.36. The SMILES string of the molecule is CC1CCC(C)C(C#N)(NCC2CCCO2)C1. The van der Waals surface area contributed by atoms with Crippen molar-refractivity contribution in [1.29, 1.82) is 5.26 Å². The Morgan fingerprint density at radius 3 is 2.82 bits per heavy atom. The summed E-state index contributed by atoms with van der Waals surface area (Å²) in [7, 11) is 0. The maximum atomic E-state index is 9.55. The Morgan fingerprint density at radius 2 is 2.18 bits per heavy atom. The Bertz CT molecular complexity index is 293. The van der Waals surface area contributed by atoms with Crippen LogP contribution in [-0.2, 0) is 4.74 Å². The summed E-state index contributed by atoms with van der Waals surface area (Å²) < 4.78 is 5.62. The molecule has 4 atom stereocenters. The van der Waals surface area contributed by atoms with Crippen LogP contribution in [0.1, 0.15) is 46.0 Å². The van der Waals surface area contributed by atoms with Crippen molar-refractivity contribution in [3.63, 3.8) is 0 Å². The summed E-state index contributed by atoms with van der Waals surface area (Å²) in [6.07, 6.45) is 6.03. The molecule has 17 heavy (non-hydrogen) atoms. The van der Waals surface area contributed by atoms with Crippen LogP contribution in [0.5, 0.6) is 0 Å². The molecule has 0 aromatic rings. The second-order valence-electron chi connectivity index (χ2n) is 5.89. The van der Waals surface area contributed by atoms with Crippen LogP contribution in [0, 0.1) is 23.2 Å². The molecule has 0 spiro atoms. The smallest absolute Gasteiger partial charge is 0.109 e. The van der Waals surface area contributed by atoms with E-state index in [2.05, 4.69) is 25.2 Å². The van der Waals surface area contributed by atoms with Gasteiger partial charge in [-0.1, -0.05) is 20.3 Å². The Hall–Kier alpha value is -0.590. The van der Waals surface area contributed by atoms with Gasteiger partial charge in [0.2, 0.25) is 0 Å². The number of nitrogens with zero attached hydrogens (tertiary/aromatic N) is 1. The molecule has 1 aliphatic heterocycles. The average molecular weight is 236 g/mol. The standard InChI is InChI=1S/C14H24N2O/c1-11-5-6-12(2)14(8-11,10-15)16-9-13-4-3-7-17-13/h11-13,16H,3-9H2,1-2H3. The summed E-state index contributed by atoms with van der Waals surface area (Å²) >= 11 is 0. The van der Waals surface area contributed by atoms with Crippen molar-refractivity contribution in [2.24, 2.45) is 11.8 Å². The minimum Gasteiger partial charge on any atom is -0.377 e. The molecule has 1 N–H and O–H groups in total. The van der Waals surface area contributed by atoms with Crippen LogP contribution in [0.4, 0.5) is 0 Å². The molecule has 1 heterocycles. The summed E-state index contributed by atoms with van der Waals surface area (Å²) in [5, 5.41) is 13.1. The van der Waals surface area contributed by atoms with Crippen LogP contribution >= 0.6 is 0 Å². The summed E-state index contributed by atoms with van der Waals surface area (Å²) in [5.74, 6) is 1.10. The molecule has 4 unspecified atom stereocenters. The molecule has 3 nitrogen and oxygen atoms in total. The molecule has 3 heteroatoms. The predicted molar refractivity (Wildman–Crippen MR) is 67.5 cm³/mol. The minimum atomic E-state index is -0.316. The van der Waals surface area contributed by atoms with Gasteiger partial charge in [-0.3, -0.25) is 5.32 Å². The van der Waals surface area contributed by atoms with Crippen molar-refractivity contribution >= 4 is 0 Å². The molecule has 1 saturated carbocycles. The molecule has 0 aromatic carbocycles. The molecule has 2 rings (SSSR count). The van der Waals surface area contributed by atoms with Gasteiger partial charge < -0.3 is 4.74 Å². The molecule has 0 radical (unpaired) electrons. The maximum absolute atomic E-state index is 9.55. The molecule has 2 fully saturated rings. The lowest BCUT2D eigenvalue weighted by Gasteiger charge is -2.41. The highest BCUT2D eigenvalue weighted by molar-refractivity contribution is 5.12. The van der Waals surface area contributed by atoms with Crippen molar-refractivity contribution in [3.8, 4) is 6.07 Å². The lowest BCUT2D eigenvalue weighted by Crippen LogP contribution is -2.54. The Kier molecular flexibility index (Phi) is 4.06. The summed E-state index contributed by atoms with van der Waals surface area (Å²) in [5.41, 5.74) is -0.316. The number of rotatable bonds is 3. The highest BCUT2D eigenvalue weighted by Gasteiger charge is 2.41.